The van der Waals surface area contributed by atoms with Crippen molar-refractivity contribution < 1.29 is 17.0 Å². The summed E-state index contributed by atoms with van der Waals surface area (Å²) in [5.74, 6) is 0.323. The minimum atomic E-state index is -1.25. The van der Waals surface area contributed by atoms with E-state index in [0.29, 0.717) is 5.92 Å². The summed E-state index contributed by atoms with van der Waals surface area (Å²) >= 11 is 0. The van der Waals surface area contributed by atoms with Gasteiger partial charge >= 0.3 is 0 Å². The van der Waals surface area contributed by atoms with Crippen molar-refractivity contribution in [1.29, 1.82) is 0 Å². The fraction of sp³-hybridized carbons (Fsp3) is 1.00. The van der Waals surface area contributed by atoms with Crippen LogP contribution < -0.4 is 0 Å². The molecule has 0 radical (unpaired) electrons. The Morgan fingerprint density at radius 3 is 3.00 bits per heavy atom. The van der Waals surface area contributed by atoms with Gasteiger partial charge in [0.15, 0.2) is 0 Å². The molecule has 1 aliphatic heterocycles. The molecule has 0 N–H and O–H groups in total. The van der Waals surface area contributed by atoms with Gasteiger partial charge in [0.1, 0.15) is 6.10 Å². The lowest BCUT2D eigenvalue weighted by Gasteiger charge is -2.18. The van der Waals surface area contributed by atoms with E-state index in [-0.39, 0.29) is 24.9 Å². The molecule has 0 aromatic heterocycles. The zero-order valence-electron chi connectivity index (χ0n) is 9.82. The monoisotopic (exact) mass is 177 g/mol. The van der Waals surface area contributed by atoms with Gasteiger partial charge < -0.3 is 14.2 Å². The Hall–Kier alpha value is -0.120. The molecule has 1 saturated heterocycles. The molecule has 1 heterocycles. The average molecular weight is 177 g/mol. The van der Waals surface area contributed by atoms with Crippen molar-refractivity contribution in [2.45, 2.75) is 32.2 Å². The Kier molecular flexibility index (Phi) is 2.56. The molecule has 0 amide bonds. The molecule has 0 bridgehead atoms. The first kappa shape index (κ1) is 7.30. The maximum atomic E-state index is 6.91. The Morgan fingerprint density at radius 1 is 1.67 bits per heavy atom. The third-order valence-corrected chi connectivity index (χ3v) is 2.55. The predicted molar refractivity (Wildman–Crippen MR) is 46.2 cm³/mol. The molecule has 1 aliphatic rings. The number of hydrogen-bond acceptors (Lipinski definition) is 3. The van der Waals surface area contributed by atoms with Crippen molar-refractivity contribution in [3.8, 4) is 0 Å². The van der Waals surface area contributed by atoms with Gasteiger partial charge in [0.25, 0.3) is 0 Å². The Balaban J connectivity index is 2.44. The zero-order chi connectivity index (χ0) is 10.7. The molecule has 2 unspecified atom stereocenters. The van der Waals surface area contributed by atoms with E-state index < -0.39 is 7.06 Å². The summed E-state index contributed by atoms with van der Waals surface area (Å²) in [7, 11) is 0.399. The van der Waals surface area contributed by atoms with Crippen LogP contribution in [-0.2, 0) is 14.2 Å². The fourth-order valence-corrected chi connectivity index (χ4v) is 1.68. The summed E-state index contributed by atoms with van der Waals surface area (Å²) in [4.78, 5) is 0. The summed E-state index contributed by atoms with van der Waals surface area (Å²) < 4.78 is 29.6. The normalized spacial score (nSPS) is 46.9. The summed E-state index contributed by atoms with van der Waals surface area (Å²) in [5.41, 5.74) is 0. The van der Waals surface area contributed by atoms with E-state index >= 15 is 0 Å². The highest BCUT2D eigenvalue weighted by molar-refractivity contribution is 4.86. The van der Waals surface area contributed by atoms with E-state index in [4.69, 9.17) is 17.0 Å². The second-order valence-corrected chi connectivity index (χ2v) is 3.27. The van der Waals surface area contributed by atoms with Gasteiger partial charge in [-0.25, -0.2) is 0 Å². The highest BCUT2D eigenvalue weighted by atomic mass is 16.6. The van der Waals surface area contributed by atoms with Crippen LogP contribution in [0.15, 0.2) is 0 Å². The molecule has 0 saturated carbocycles. The van der Waals surface area contributed by atoms with Crippen LogP contribution >= 0.6 is 0 Å². The number of methoxy groups -OCH3 is 2. The molecular weight excluding hydrogens is 156 g/mol. The van der Waals surface area contributed by atoms with Gasteiger partial charge in [-0.1, -0.05) is 6.92 Å². The first-order chi connectivity index (χ1) is 6.56. The van der Waals surface area contributed by atoms with Gasteiger partial charge in [0.2, 0.25) is 0 Å². The van der Waals surface area contributed by atoms with Crippen molar-refractivity contribution in [1.82, 2.24) is 0 Å². The van der Waals surface area contributed by atoms with Crippen LogP contribution in [0, 0.1) is 5.92 Å². The van der Waals surface area contributed by atoms with Crippen LogP contribution in [0.5, 0.6) is 0 Å². The molecule has 72 valence electrons. The van der Waals surface area contributed by atoms with E-state index in [1.165, 1.54) is 0 Å². The lowest BCUT2D eigenvalue weighted by Crippen LogP contribution is -2.31. The minimum absolute atomic E-state index is 0.00347. The molecule has 12 heavy (non-hydrogen) atoms. The standard InChI is InChI=1S/C9H18O3/c1-6-7(2)12-8(5-10-3)9(6)11-4/h6-9H,5H2,1-4H3/t6?,7-,8+,9+/m0/s1/i3TD/t3?,6?,7-,8+,9+. The van der Waals surface area contributed by atoms with E-state index in [0.717, 1.165) is 0 Å². The van der Waals surface area contributed by atoms with Crippen LogP contribution in [0.4, 0.5) is 0 Å². The van der Waals surface area contributed by atoms with Crippen molar-refractivity contribution in [2.75, 3.05) is 20.8 Å². The van der Waals surface area contributed by atoms with Crippen molar-refractivity contribution in [2.24, 2.45) is 5.92 Å². The van der Waals surface area contributed by atoms with Gasteiger partial charge in [0, 0.05) is 20.1 Å². The van der Waals surface area contributed by atoms with Gasteiger partial charge in [-0.3, -0.25) is 0 Å². The van der Waals surface area contributed by atoms with Crippen LogP contribution in [0.1, 0.15) is 16.6 Å². The van der Waals surface area contributed by atoms with Crippen molar-refractivity contribution in [3.05, 3.63) is 0 Å². The number of rotatable bonds is 3. The lowest BCUT2D eigenvalue weighted by atomic mass is 9.99. The van der Waals surface area contributed by atoms with Crippen LogP contribution in [-0.4, -0.2) is 39.1 Å². The second-order valence-electron chi connectivity index (χ2n) is 3.27. The molecule has 0 aliphatic carbocycles. The summed E-state index contributed by atoms with van der Waals surface area (Å²) in [6.07, 6.45) is -0.00424. The molecular formula is C9H18O3. The highest BCUT2D eigenvalue weighted by Gasteiger charge is 2.39. The maximum absolute atomic E-state index is 6.91. The maximum Gasteiger partial charge on any atom is 0.108 e. The summed E-state index contributed by atoms with van der Waals surface area (Å²) in [6.45, 7) is 4.32. The topological polar surface area (TPSA) is 27.7 Å². The van der Waals surface area contributed by atoms with E-state index in [1.54, 1.807) is 7.11 Å². The Morgan fingerprint density at radius 2 is 2.42 bits per heavy atom. The molecule has 1 rings (SSSR count). The fourth-order valence-electron chi connectivity index (χ4n) is 1.68. The summed E-state index contributed by atoms with van der Waals surface area (Å²) in [5, 5.41) is 0. The first-order valence-electron chi connectivity index (χ1n) is 5.36. The second kappa shape index (κ2) is 4.21. The van der Waals surface area contributed by atoms with Crippen LogP contribution in [0.25, 0.3) is 0 Å². The number of hydrogen-bond donors (Lipinski definition) is 0. The lowest BCUT2D eigenvalue weighted by molar-refractivity contribution is -0.0411. The zero-order valence-corrected chi connectivity index (χ0v) is 7.82. The van der Waals surface area contributed by atoms with Gasteiger partial charge in [-0.2, -0.15) is 0 Å². The predicted octanol–water partition coefficient (Wildman–Crippen LogP) is 1.07. The minimum Gasteiger partial charge on any atom is -0.382 e. The first-order valence-corrected chi connectivity index (χ1v) is 4.20. The van der Waals surface area contributed by atoms with Crippen LogP contribution in [0.3, 0.4) is 0 Å². The molecule has 3 nitrogen and oxygen atoms in total. The number of ether oxygens (including phenoxy) is 3. The third-order valence-electron chi connectivity index (χ3n) is 2.55. The Bertz CT molecular complexity index is 177. The molecule has 0 spiro atoms. The van der Waals surface area contributed by atoms with E-state index in [2.05, 4.69) is 6.92 Å². The van der Waals surface area contributed by atoms with Crippen molar-refractivity contribution in [3.63, 3.8) is 0 Å². The quantitative estimate of drug-likeness (QED) is 0.645. The molecule has 3 heteroatoms. The molecule has 0 aromatic rings. The smallest absolute Gasteiger partial charge is 0.108 e. The van der Waals surface area contributed by atoms with Crippen LogP contribution in [0.2, 0.25) is 0 Å². The molecule has 5 atom stereocenters. The largest absolute Gasteiger partial charge is 0.382 e. The Labute approximate surface area is 76.8 Å². The van der Waals surface area contributed by atoms with Gasteiger partial charge in [0.05, 0.1) is 21.6 Å². The van der Waals surface area contributed by atoms with E-state index in [1.807, 2.05) is 6.92 Å². The van der Waals surface area contributed by atoms with Gasteiger partial charge in [-0.15, -0.1) is 0 Å². The van der Waals surface area contributed by atoms with Gasteiger partial charge in [-0.05, 0) is 6.92 Å². The van der Waals surface area contributed by atoms with Crippen molar-refractivity contribution >= 4 is 0 Å². The summed E-state index contributed by atoms with van der Waals surface area (Å²) in [6, 6.07) is 0. The third kappa shape index (κ3) is 1.79. The SMILES string of the molecule is [2H]C([3H])OC[C@H]1O[C@@H](C)C(C)[C@H]1OC. The highest BCUT2D eigenvalue weighted by Crippen LogP contribution is 2.28. The molecule has 1 fully saturated rings. The average Bonchev–Trinajstić information content (AvgIpc) is 2.39. The van der Waals surface area contributed by atoms with E-state index in [9.17, 15) is 0 Å². The molecule has 0 aromatic carbocycles.